The van der Waals surface area contributed by atoms with Crippen molar-refractivity contribution in [2.75, 3.05) is 5.73 Å². The summed E-state index contributed by atoms with van der Waals surface area (Å²) in [6.45, 7) is 4.00. The van der Waals surface area contributed by atoms with Crippen molar-refractivity contribution in [3.8, 4) is 11.8 Å². The highest BCUT2D eigenvalue weighted by molar-refractivity contribution is 9.10. The van der Waals surface area contributed by atoms with E-state index < -0.39 is 0 Å². The number of anilines is 1. The van der Waals surface area contributed by atoms with E-state index in [9.17, 15) is 0 Å². The van der Waals surface area contributed by atoms with Crippen LogP contribution in [0.3, 0.4) is 0 Å². The van der Waals surface area contributed by atoms with Crippen LogP contribution in [-0.2, 0) is 0 Å². The van der Waals surface area contributed by atoms with Gasteiger partial charge in [0.2, 0.25) is 0 Å². The quantitative estimate of drug-likeness (QED) is 0.809. The Labute approximate surface area is 122 Å². The molecular formula is C12H11Br2N3O. The summed E-state index contributed by atoms with van der Waals surface area (Å²) in [6.07, 6.45) is 0. The Morgan fingerprint density at radius 2 is 1.67 bits per heavy atom. The third kappa shape index (κ3) is 3.00. The van der Waals surface area contributed by atoms with E-state index in [2.05, 4.69) is 41.8 Å². The molecule has 1 heterocycles. The van der Waals surface area contributed by atoms with Crippen LogP contribution in [0.4, 0.5) is 5.82 Å². The molecule has 18 heavy (non-hydrogen) atoms. The molecule has 0 spiro atoms. The summed E-state index contributed by atoms with van der Waals surface area (Å²) in [5.74, 6) is 1.04. The molecule has 0 atom stereocenters. The van der Waals surface area contributed by atoms with E-state index in [1.165, 1.54) is 0 Å². The fraction of sp³-hybridized carbons (Fsp3) is 0.167. The van der Waals surface area contributed by atoms with Gasteiger partial charge in [-0.1, -0.05) is 15.9 Å². The lowest BCUT2D eigenvalue weighted by molar-refractivity contribution is 0.441. The van der Waals surface area contributed by atoms with E-state index in [1.807, 2.05) is 26.0 Å². The maximum Gasteiger partial charge on any atom is 0.325 e. The van der Waals surface area contributed by atoms with E-state index >= 15 is 0 Å². The zero-order chi connectivity index (χ0) is 13.3. The average molecular weight is 373 g/mol. The zero-order valence-electron chi connectivity index (χ0n) is 9.87. The zero-order valence-corrected chi connectivity index (χ0v) is 13.0. The summed E-state index contributed by atoms with van der Waals surface area (Å²) in [5, 5.41) is 0. The molecule has 4 nitrogen and oxygen atoms in total. The second-order valence-electron chi connectivity index (χ2n) is 3.87. The van der Waals surface area contributed by atoms with Crippen molar-refractivity contribution in [2.24, 2.45) is 0 Å². The second kappa shape index (κ2) is 5.24. The molecular weight excluding hydrogens is 362 g/mol. The Balaban J connectivity index is 2.34. The minimum atomic E-state index is 0.225. The number of nitrogens with zero attached hydrogens (tertiary/aromatic N) is 2. The normalized spacial score (nSPS) is 10.4. The summed E-state index contributed by atoms with van der Waals surface area (Å²) in [5.41, 5.74) is 7.81. The number of nitrogens with two attached hydrogens (primary N) is 1. The van der Waals surface area contributed by atoms with Crippen molar-refractivity contribution >= 4 is 37.7 Å². The van der Waals surface area contributed by atoms with Crippen LogP contribution in [-0.4, -0.2) is 9.97 Å². The predicted octanol–water partition coefficient (Wildman–Crippen LogP) is 3.99. The van der Waals surface area contributed by atoms with Crippen LogP contribution < -0.4 is 10.5 Å². The van der Waals surface area contributed by atoms with Gasteiger partial charge in [0.1, 0.15) is 16.2 Å². The minimum absolute atomic E-state index is 0.225. The Morgan fingerprint density at radius 1 is 1.06 bits per heavy atom. The van der Waals surface area contributed by atoms with Gasteiger partial charge in [-0.15, -0.1) is 0 Å². The molecule has 0 saturated carbocycles. The molecule has 0 bridgehead atoms. The molecule has 2 rings (SSSR count). The van der Waals surface area contributed by atoms with E-state index in [0.717, 1.165) is 15.6 Å². The smallest absolute Gasteiger partial charge is 0.325 e. The number of hydrogen-bond donors (Lipinski definition) is 1. The monoisotopic (exact) mass is 371 g/mol. The minimum Gasteiger partial charge on any atom is -0.424 e. The maximum absolute atomic E-state index is 5.63. The molecule has 0 aliphatic heterocycles. The lowest BCUT2D eigenvalue weighted by Crippen LogP contribution is -1.97. The lowest BCUT2D eigenvalue weighted by atomic mass is 10.1. The molecule has 1 aromatic carbocycles. The number of aromatic nitrogens is 2. The van der Waals surface area contributed by atoms with Crippen LogP contribution in [0, 0.1) is 13.8 Å². The first kappa shape index (κ1) is 13.3. The van der Waals surface area contributed by atoms with Gasteiger partial charge < -0.3 is 10.5 Å². The van der Waals surface area contributed by atoms with Gasteiger partial charge in [-0.25, -0.2) is 0 Å². The van der Waals surface area contributed by atoms with Gasteiger partial charge in [0.25, 0.3) is 0 Å². The SMILES string of the molecule is Cc1cc(Oc2nc(N)cc(Br)n2)cc(C)c1Br. The molecule has 0 aliphatic rings. The van der Waals surface area contributed by atoms with Gasteiger partial charge in [0, 0.05) is 10.5 Å². The third-order valence-electron chi connectivity index (χ3n) is 2.31. The molecule has 0 radical (unpaired) electrons. The molecule has 0 unspecified atom stereocenters. The first-order chi connectivity index (χ1) is 8.45. The first-order valence-corrected chi connectivity index (χ1v) is 6.79. The molecule has 0 fully saturated rings. The van der Waals surface area contributed by atoms with Crippen molar-refractivity contribution in [1.82, 2.24) is 9.97 Å². The molecule has 1 aromatic heterocycles. The molecule has 2 N–H and O–H groups in total. The van der Waals surface area contributed by atoms with E-state index in [4.69, 9.17) is 10.5 Å². The summed E-state index contributed by atoms with van der Waals surface area (Å²) >= 11 is 6.76. The van der Waals surface area contributed by atoms with Crippen LogP contribution in [0.15, 0.2) is 27.3 Å². The van der Waals surface area contributed by atoms with E-state index in [1.54, 1.807) is 6.07 Å². The summed E-state index contributed by atoms with van der Waals surface area (Å²) in [6, 6.07) is 5.67. The van der Waals surface area contributed by atoms with Crippen molar-refractivity contribution in [1.29, 1.82) is 0 Å². The van der Waals surface area contributed by atoms with Crippen molar-refractivity contribution in [2.45, 2.75) is 13.8 Å². The Bertz CT molecular complexity index is 559. The van der Waals surface area contributed by atoms with Crippen molar-refractivity contribution in [3.63, 3.8) is 0 Å². The largest absolute Gasteiger partial charge is 0.424 e. The second-order valence-corrected chi connectivity index (χ2v) is 5.48. The fourth-order valence-electron chi connectivity index (χ4n) is 1.53. The Morgan fingerprint density at radius 3 is 2.22 bits per heavy atom. The summed E-state index contributed by atoms with van der Waals surface area (Å²) < 4.78 is 7.27. The first-order valence-electron chi connectivity index (χ1n) is 5.20. The highest BCUT2D eigenvalue weighted by atomic mass is 79.9. The number of halogens is 2. The highest BCUT2D eigenvalue weighted by Crippen LogP contribution is 2.28. The molecule has 0 aliphatic carbocycles. The van der Waals surface area contributed by atoms with Gasteiger partial charge in [0.15, 0.2) is 0 Å². The summed E-state index contributed by atoms with van der Waals surface area (Å²) in [4.78, 5) is 8.12. The van der Waals surface area contributed by atoms with Crippen LogP contribution >= 0.6 is 31.9 Å². The Hall–Kier alpha value is -1.14. The number of nitrogen functional groups attached to an aromatic ring is 1. The van der Waals surface area contributed by atoms with Crippen LogP contribution in [0.2, 0.25) is 0 Å². The number of benzene rings is 1. The number of ether oxygens (including phenoxy) is 1. The number of hydrogen-bond acceptors (Lipinski definition) is 4. The molecule has 6 heteroatoms. The van der Waals surface area contributed by atoms with E-state index in [-0.39, 0.29) is 6.01 Å². The average Bonchev–Trinajstić information content (AvgIpc) is 2.24. The summed E-state index contributed by atoms with van der Waals surface area (Å²) in [7, 11) is 0. The molecule has 0 amide bonds. The van der Waals surface area contributed by atoms with Gasteiger partial charge in [0.05, 0.1) is 0 Å². The topological polar surface area (TPSA) is 61.0 Å². The number of rotatable bonds is 2. The fourth-order valence-corrected chi connectivity index (χ4v) is 2.14. The van der Waals surface area contributed by atoms with E-state index in [0.29, 0.717) is 16.2 Å². The highest BCUT2D eigenvalue weighted by Gasteiger charge is 2.07. The van der Waals surface area contributed by atoms with Crippen molar-refractivity contribution < 1.29 is 4.74 Å². The van der Waals surface area contributed by atoms with Gasteiger partial charge in [-0.05, 0) is 53.0 Å². The Kier molecular flexibility index (Phi) is 3.87. The lowest BCUT2D eigenvalue weighted by Gasteiger charge is -2.09. The predicted molar refractivity (Wildman–Crippen MR) is 77.8 cm³/mol. The van der Waals surface area contributed by atoms with Gasteiger partial charge >= 0.3 is 6.01 Å². The molecule has 2 aromatic rings. The van der Waals surface area contributed by atoms with Gasteiger partial charge in [-0.3, -0.25) is 0 Å². The van der Waals surface area contributed by atoms with Crippen LogP contribution in [0.1, 0.15) is 11.1 Å². The van der Waals surface area contributed by atoms with Crippen molar-refractivity contribution in [3.05, 3.63) is 38.4 Å². The molecule has 94 valence electrons. The van der Waals surface area contributed by atoms with Gasteiger partial charge in [-0.2, -0.15) is 9.97 Å². The molecule has 0 saturated heterocycles. The van der Waals surface area contributed by atoms with Crippen LogP contribution in [0.5, 0.6) is 11.8 Å². The third-order valence-corrected chi connectivity index (χ3v) is 3.97. The van der Waals surface area contributed by atoms with Crippen LogP contribution in [0.25, 0.3) is 0 Å². The standard InChI is InChI=1S/C12H11Br2N3O/c1-6-3-8(4-7(2)11(6)14)18-12-16-9(13)5-10(15)17-12/h3-5H,1-2H3,(H2,15,16,17). The maximum atomic E-state index is 5.63. The number of aryl methyl sites for hydroxylation is 2.